The van der Waals surface area contributed by atoms with Crippen molar-refractivity contribution in [2.24, 2.45) is 0 Å². The monoisotopic (exact) mass is 243 g/mol. The molecule has 2 heterocycles. The molecule has 1 saturated heterocycles. The van der Waals surface area contributed by atoms with Crippen LogP contribution in [0.25, 0.3) is 0 Å². The van der Waals surface area contributed by atoms with E-state index < -0.39 is 12.1 Å². The Hall–Kier alpha value is -1.63. The number of hydrogen-bond acceptors (Lipinski definition) is 5. The van der Waals surface area contributed by atoms with Gasteiger partial charge in [-0.2, -0.15) is 0 Å². The summed E-state index contributed by atoms with van der Waals surface area (Å²) in [5.41, 5.74) is 0. The zero-order valence-corrected chi connectivity index (χ0v) is 8.95. The van der Waals surface area contributed by atoms with Crippen molar-refractivity contribution in [1.82, 2.24) is 5.32 Å². The topological polar surface area (TPSA) is 88.8 Å². The number of ether oxygens (including phenoxy) is 1. The Morgan fingerprint density at radius 2 is 2.44 bits per heavy atom. The summed E-state index contributed by atoms with van der Waals surface area (Å²) in [4.78, 5) is 21.2. The second-order valence-electron chi connectivity index (χ2n) is 3.14. The minimum absolute atomic E-state index is 0.0935. The molecule has 0 radical (unpaired) electrons. The Balaban J connectivity index is 1.85. The average molecular weight is 243 g/mol. The van der Waals surface area contributed by atoms with Gasteiger partial charge < -0.3 is 19.6 Å². The summed E-state index contributed by atoms with van der Waals surface area (Å²) in [6.07, 6.45) is -0.618. The lowest BCUT2D eigenvalue weighted by Gasteiger charge is -2.04. The van der Waals surface area contributed by atoms with E-state index in [1.54, 1.807) is 6.07 Å². The number of nitrogens with one attached hydrogen (secondary N) is 1. The summed E-state index contributed by atoms with van der Waals surface area (Å²) >= 11 is 1.31. The van der Waals surface area contributed by atoms with Crippen LogP contribution in [0, 0.1) is 0 Å². The number of rotatable bonds is 4. The lowest BCUT2D eigenvalue weighted by Crippen LogP contribution is -2.16. The molecule has 0 aromatic carbocycles. The second-order valence-corrected chi connectivity index (χ2v) is 4.17. The highest BCUT2D eigenvalue weighted by Gasteiger charge is 2.23. The van der Waals surface area contributed by atoms with Crippen LogP contribution in [-0.2, 0) is 4.74 Å². The molecule has 6 nitrogen and oxygen atoms in total. The Morgan fingerprint density at radius 3 is 3.00 bits per heavy atom. The molecule has 86 valence electrons. The summed E-state index contributed by atoms with van der Waals surface area (Å²) in [5, 5.41) is 11.7. The minimum atomic E-state index is -1.10. The molecule has 1 aromatic heterocycles. The minimum Gasteiger partial charge on any atom is -0.475 e. The van der Waals surface area contributed by atoms with Crippen molar-refractivity contribution in [1.29, 1.82) is 0 Å². The van der Waals surface area contributed by atoms with Gasteiger partial charge in [0.1, 0.15) is 6.10 Å². The number of carbonyl (C=O) groups excluding carboxylic acids is 1. The molecule has 1 aromatic rings. The van der Waals surface area contributed by atoms with Crippen molar-refractivity contribution in [3.63, 3.8) is 0 Å². The molecule has 0 bridgehead atoms. The number of carbonyl (C=O) groups is 2. The first-order valence-electron chi connectivity index (χ1n) is 4.55. The number of furan rings is 1. The zero-order valence-electron chi connectivity index (χ0n) is 8.13. The van der Waals surface area contributed by atoms with Crippen LogP contribution >= 0.6 is 11.8 Å². The van der Waals surface area contributed by atoms with Crippen molar-refractivity contribution >= 4 is 23.8 Å². The number of hydrogen-bond donors (Lipinski definition) is 2. The molecule has 7 heteroatoms. The molecule has 1 fully saturated rings. The van der Waals surface area contributed by atoms with E-state index in [1.807, 2.05) is 0 Å². The summed E-state index contributed by atoms with van der Waals surface area (Å²) in [6.45, 7) is 0.471. The van der Waals surface area contributed by atoms with E-state index in [-0.39, 0.29) is 11.9 Å². The first-order chi connectivity index (χ1) is 7.65. The van der Waals surface area contributed by atoms with Crippen LogP contribution in [0.15, 0.2) is 21.6 Å². The number of cyclic esters (lactones) is 1. The molecule has 0 saturated carbocycles. The van der Waals surface area contributed by atoms with Gasteiger partial charge in [0.05, 0.1) is 6.54 Å². The Morgan fingerprint density at radius 1 is 1.62 bits per heavy atom. The Bertz CT molecular complexity index is 416. The summed E-state index contributed by atoms with van der Waals surface area (Å²) in [7, 11) is 0. The van der Waals surface area contributed by atoms with Crippen LogP contribution in [-0.4, -0.2) is 35.6 Å². The normalized spacial score (nSPS) is 19.2. The number of aromatic carboxylic acids is 1. The molecule has 0 spiro atoms. The van der Waals surface area contributed by atoms with Crippen LogP contribution in [0.3, 0.4) is 0 Å². The molecule has 1 amide bonds. The third kappa shape index (κ3) is 2.48. The number of alkyl carbamates (subject to hydrolysis) is 1. The van der Waals surface area contributed by atoms with Crippen LogP contribution in [0.4, 0.5) is 4.79 Å². The maximum atomic E-state index is 10.7. The van der Waals surface area contributed by atoms with Gasteiger partial charge in [-0.1, -0.05) is 11.8 Å². The molecule has 2 N–H and O–H groups in total. The SMILES string of the molecule is O=C1NCC(CSc2ccc(C(=O)O)o2)O1. The van der Waals surface area contributed by atoms with Gasteiger partial charge in [0.2, 0.25) is 5.76 Å². The largest absolute Gasteiger partial charge is 0.475 e. The first kappa shape index (κ1) is 10.9. The zero-order chi connectivity index (χ0) is 11.5. The van der Waals surface area contributed by atoms with E-state index >= 15 is 0 Å². The smallest absolute Gasteiger partial charge is 0.407 e. The van der Waals surface area contributed by atoms with Gasteiger partial charge in [0, 0.05) is 5.75 Å². The predicted octanol–water partition coefficient (Wildman–Crippen LogP) is 1.18. The molecule has 2 rings (SSSR count). The Labute approximate surface area is 94.9 Å². The highest BCUT2D eigenvalue weighted by Crippen LogP contribution is 2.23. The first-order valence-corrected chi connectivity index (χ1v) is 5.54. The van der Waals surface area contributed by atoms with Crippen molar-refractivity contribution in [3.8, 4) is 0 Å². The average Bonchev–Trinajstić information content (AvgIpc) is 2.83. The van der Waals surface area contributed by atoms with Gasteiger partial charge in [0.25, 0.3) is 0 Å². The molecule has 16 heavy (non-hydrogen) atoms. The highest BCUT2D eigenvalue weighted by atomic mass is 32.2. The molecule has 0 aliphatic carbocycles. The molecule has 1 aliphatic heterocycles. The fourth-order valence-electron chi connectivity index (χ4n) is 1.21. The summed E-state index contributed by atoms with van der Waals surface area (Å²) < 4.78 is 9.94. The maximum Gasteiger partial charge on any atom is 0.407 e. The standard InChI is InChI=1S/C9H9NO5S/c11-8(12)6-1-2-7(15-6)16-4-5-3-10-9(13)14-5/h1-2,5H,3-4H2,(H,10,13)(H,11,12). The lowest BCUT2D eigenvalue weighted by atomic mass is 10.4. The van der Waals surface area contributed by atoms with Crippen LogP contribution in [0.2, 0.25) is 0 Å². The van der Waals surface area contributed by atoms with E-state index in [9.17, 15) is 9.59 Å². The third-order valence-corrected chi connectivity index (χ3v) is 2.99. The lowest BCUT2D eigenvalue weighted by molar-refractivity contribution is 0.0656. The fourth-order valence-corrected chi connectivity index (χ4v) is 2.06. The molecule has 1 unspecified atom stereocenters. The predicted molar refractivity (Wildman–Crippen MR) is 54.7 cm³/mol. The molecule has 1 aliphatic rings. The van der Waals surface area contributed by atoms with Crippen molar-refractivity contribution in [2.75, 3.05) is 12.3 Å². The van der Waals surface area contributed by atoms with Crippen LogP contribution < -0.4 is 5.32 Å². The molecular weight excluding hydrogens is 234 g/mol. The Kier molecular flexibility index (Phi) is 3.04. The maximum absolute atomic E-state index is 10.7. The van der Waals surface area contributed by atoms with Gasteiger partial charge in [-0.25, -0.2) is 9.59 Å². The molecule has 1 atom stereocenters. The number of carboxylic acid groups (broad SMARTS) is 1. The number of carboxylic acids is 1. The van der Waals surface area contributed by atoms with E-state index in [4.69, 9.17) is 14.3 Å². The van der Waals surface area contributed by atoms with Gasteiger partial charge in [-0.05, 0) is 12.1 Å². The van der Waals surface area contributed by atoms with Crippen molar-refractivity contribution < 1.29 is 23.8 Å². The van der Waals surface area contributed by atoms with E-state index in [1.165, 1.54) is 17.8 Å². The number of thioether (sulfide) groups is 1. The summed E-state index contributed by atoms with van der Waals surface area (Å²) in [5.74, 6) is -0.657. The molecular formula is C9H9NO5S. The fraction of sp³-hybridized carbons (Fsp3) is 0.333. The highest BCUT2D eigenvalue weighted by molar-refractivity contribution is 7.99. The van der Waals surface area contributed by atoms with Crippen LogP contribution in [0.5, 0.6) is 0 Å². The number of amides is 1. The van der Waals surface area contributed by atoms with Crippen LogP contribution in [0.1, 0.15) is 10.6 Å². The second kappa shape index (κ2) is 4.48. The van der Waals surface area contributed by atoms with Gasteiger partial charge in [0.15, 0.2) is 5.09 Å². The van der Waals surface area contributed by atoms with E-state index in [2.05, 4.69) is 5.32 Å². The van der Waals surface area contributed by atoms with E-state index in [0.717, 1.165) is 0 Å². The quantitative estimate of drug-likeness (QED) is 0.772. The van der Waals surface area contributed by atoms with Gasteiger partial charge in [-0.3, -0.25) is 0 Å². The third-order valence-electron chi connectivity index (χ3n) is 1.95. The van der Waals surface area contributed by atoms with Gasteiger partial charge >= 0.3 is 12.1 Å². The van der Waals surface area contributed by atoms with Crippen molar-refractivity contribution in [2.45, 2.75) is 11.2 Å². The summed E-state index contributed by atoms with van der Waals surface area (Å²) in [6, 6.07) is 2.97. The van der Waals surface area contributed by atoms with E-state index in [0.29, 0.717) is 17.4 Å². The van der Waals surface area contributed by atoms with Gasteiger partial charge in [-0.15, -0.1) is 0 Å². The van der Waals surface area contributed by atoms with Crippen molar-refractivity contribution in [3.05, 3.63) is 17.9 Å².